The van der Waals surface area contributed by atoms with Gasteiger partial charge in [-0.3, -0.25) is 0 Å². The second-order valence-electron chi connectivity index (χ2n) is 2.43. The first kappa shape index (κ1) is 10.7. The number of carboxylic acids is 1. The zero-order valence-electron chi connectivity index (χ0n) is 6.80. The highest BCUT2D eigenvalue weighted by atomic mass is 35.5. The van der Waals surface area contributed by atoms with Crippen LogP contribution in [0.3, 0.4) is 0 Å². The smallest absolute Gasteiger partial charge is 0.364 e. The first-order chi connectivity index (χ1) is 6.52. The van der Waals surface area contributed by atoms with E-state index in [9.17, 15) is 13.6 Å². The minimum absolute atomic E-state index is 0.0404. The molecular weight excluding hydrogens is 214 g/mol. The predicted molar refractivity (Wildman–Crippen MR) is 48.1 cm³/mol. The lowest BCUT2D eigenvalue weighted by atomic mass is 10.2. The van der Waals surface area contributed by atoms with Gasteiger partial charge in [-0.15, -0.1) is 0 Å². The van der Waals surface area contributed by atoms with Crippen molar-refractivity contribution in [3.8, 4) is 0 Å². The Morgan fingerprint density at radius 2 is 2.14 bits per heavy atom. The minimum Gasteiger partial charge on any atom is -0.476 e. The van der Waals surface area contributed by atoms with E-state index < -0.39 is 17.6 Å². The third-order valence-electron chi connectivity index (χ3n) is 1.48. The molecule has 14 heavy (non-hydrogen) atoms. The molecule has 0 fully saturated rings. The standard InChI is InChI=1S/C9H5ClF2O2/c10-6-2-1-3-7(11)5(6)4-8(12)9(13)14/h1-4H,(H,13,14). The van der Waals surface area contributed by atoms with Gasteiger partial charge in [0.2, 0.25) is 5.83 Å². The fraction of sp³-hybridized carbons (Fsp3) is 0. The monoisotopic (exact) mass is 218 g/mol. The van der Waals surface area contributed by atoms with Crippen molar-refractivity contribution in [3.05, 3.63) is 40.4 Å². The summed E-state index contributed by atoms with van der Waals surface area (Å²) in [4.78, 5) is 10.1. The molecule has 0 aromatic heterocycles. The lowest BCUT2D eigenvalue weighted by Gasteiger charge is -1.99. The molecule has 0 aliphatic rings. The Bertz CT molecular complexity index is 382. The van der Waals surface area contributed by atoms with Gasteiger partial charge in [-0.2, -0.15) is 4.39 Å². The van der Waals surface area contributed by atoms with Crippen LogP contribution in [0.2, 0.25) is 5.02 Å². The molecule has 1 rings (SSSR count). The number of rotatable bonds is 2. The van der Waals surface area contributed by atoms with Crippen LogP contribution in [0, 0.1) is 5.82 Å². The van der Waals surface area contributed by atoms with Gasteiger partial charge in [-0.1, -0.05) is 17.7 Å². The van der Waals surface area contributed by atoms with E-state index in [-0.39, 0.29) is 10.6 Å². The van der Waals surface area contributed by atoms with Crippen LogP contribution in [0.4, 0.5) is 8.78 Å². The molecular formula is C9H5ClF2O2. The van der Waals surface area contributed by atoms with Crippen LogP contribution in [0.5, 0.6) is 0 Å². The summed E-state index contributed by atoms with van der Waals surface area (Å²) in [6, 6.07) is 3.74. The molecule has 0 heterocycles. The highest BCUT2D eigenvalue weighted by molar-refractivity contribution is 6.32. The molecule has 0 spiro atoms. The highest BCUT2D eigenvalue weighted by Gasteiger charge is 2.10. The van der Waals surface area contributed by atoms with Crippen molar-refractivity contribution in [2.75, 3.05) is 0 Å². The van der Waals surface area contributed by atoms with Crippen LogP contribution >= 0.6 is 11.6 Å². The molecule has 0 radical (unpaired) electrons. The Balaban J connectivity index is 3.20. The topological polar surface area (TPSA) is 37.3 Å². The highest BCUT2D eigenvalue weighted by Crippen LogP contribution is 2.22. The number of aliphatic carboxylic acids is 1. The van der Waals surface area contributed by atoms with E-state index in [1.54, 1.807) is 0 Å². The van der Waals surface area contributed by atoms with Gasteiger partial charge < -0.3 is 5.11 Å². The largest absolute Gasteiger partial charge is 0.476 e. The van der Waals surface area contributed by atoms with Crippen molar-refractivity contribution in [2.24, 2.45) is 0 Å². The van der Waals surface area contributed by atoms with Gasteiger partial charge in [0.25, 0.3) is 0 Å². The molecule has 1 N–H and O–H groups in total. The summed E-state index contributed by atoms with van der Waals surface area (Å²) < 4.78 is 25.6. The number of benzene rings is 1. The number of hydrogen-bond acceptors (Lipinski definition) is 1. The quantitative estimate of drug-likeness (QED) is 0.775. The van der Waals surface area contributed by atoms with Crippen molar-refractivity contribution in [3.63, 3.8) is 0 Å². The third kappa shape index (κ3) is 2.29. The summed E-state index contributed by atoms with van der Waals surface area (Å²) in [5.74, 6) is -3.99. The van der Waals surface area contributed by atoms with E-state index in [1.165, 1.54) is 12.1 Å². The maximum absolute atomic E-state index is 13.0. The summed E-state index contributed by atoms with van der Waals surface area (Å²) in [6.45, 7) is 0. The van der Waals surface area contributed by atoms with E-state index >= 15 is 0 Å². The van der Waals surface area contributed by atoms with Gasteiger partial charge >= 0.3 is 5.97 Å². The molecule has 5 heteroatoms. The molecule has 0 amide bonds. The van der Waals surface area contributed by atoms with E-state index in [0.717, 1.165) is 6.07 Å². The molecule has 74 valence electrons. The summed E-state index contributed by atoms with van der Waals surface area (Å²) in [5.41, 5.74) is -0.269. The van der Waals surface area contributed by atoms with Crippen molar-refractivity contribution in [2.45, 2.75) is 0 Å². The zero-order valence-corrected chi connectivity index (χ0v) is 7.55. The fourth-order valence-electron chi connectivity index (χ4n) is 0.837. The normalized spacial score (nSPS) is 11.5. The number of carboxylic acid groups (broad SMARTS) is 1. The van der Waals surface area contributed by atoms with E-state index in [4.69, 9.17) is 16.7 Å². The van der Waals surface area contributed by atoms with Gasteiger partial charge in [-0.25, -0.2) is 9.18 Å². The minimum atomic E-state index is -1.76. The predicted octanol–water partition coefficient (Wildman–Crippen LogP) is 2.87. The van der Waals surface area contributed by atoms with Crippen LogP contribution in [0.1, 0.15) is 5.56 Å². The molecule has 2 nitrogen and oxygen atoms in total. The molecule has 0 saturated carbocycles. The molecule has 0 saturated heterocycles. The molecule has 0 aliphatic heterocycles. The number of hydrogen-bond donors (Lipinski definition) is 1. The molecule has 0 unspecified atom stereocenters. The Morgan fingerprint density at radius 3 is 2.64 bits per heavy atom. The average molecular weight is 219 g/mol. The number of carbonyl (C=O) groups is 1. The second kappa shape index (κ2) is 4.19. The Hall–Kier alpha value is -1.42. The summed E-state index contributed by atoms with van der Waals surface area (Å²) in [7, 11) is 0. The summed E-state index contributed by atoms with van der Waals surface area (Å²) in [5, 5.41) is 8.18. The van der Waals surface area contributed by atoms with Gasteiger partial charge in [0, 0.05) is 5.56 Å². The van der Waals surface area contributed by atoms with Gasteiger partial charge in [0.05, 0.1) is 5.02 Å². The van der Waals surface area contributed by atoms with Crippen molar-refractivity contribution >= 4 is 23.6 Å². The van der Waals surface area contributed by atoms with Crippen molar-refractivity contribution in [1.29, 1.82) is 0 Å². The van der Waals surface area contributed by atoms with Gasteiger partial charge in [0.1, 0.15) is 5.82 Å². The van der Waals surface area contributed by atoms with Crippen LogP contribution < -0.4 is 0 Å². The van der Waals surface area contributed by atoms with E-state index in [0.29, 0.717) is 6.08 Å². The lowest BCUT2D eigenvalue weighted by molar-refractivity contribution is -0.134. The van der Waals surface area contributed by atoms with Gasteiger partial charge in [-0.05, 0) is 18.2 Å². The molecule has 0 atom stereocenters. The Labute approximate surface area is 83.4 Å². The van der Waals surface area contributed by atoms with Crippen LogP contribution in [-0.4, -0.2) is 11.1 Å². The van der Waals surface area contributed by atoms with E-state index in [2.05, 4.69) is 0 Å². The molecule has 1 aromatic rings. The maximum atomic E-state index is 13.0. The maximum Gasteiger partial charge on any atom is 0.364 e. The number of halogens is 3. The molecule has 1 aromatic carbocycles. The first-order valence-corrected chi connectivity index (χ1v) is 3.94. The summed E-state index contributed by atoms with van der Waals surface area (Å²) >= 11 is 5.53. The van der Waals surface area contributed by atoms with Crippen molar-refractivity contribution < 1.29 is 18.7 Å². The SMILES string of the molecule is O=C(O)C(F)=Cc1c(F)cccc1Cl. The van der Waals surface area contributed by atoms with Gasteiger partial charge in [0.15, 0.2) is 0 Å². The summed E-state index contributed by atoms with van der Waals surface area (Å²) in [6.07, 6.45) is 0.542. The van der Waals surface area contributed by atoms with Crippen LogP contribution in [0.15, 0.2) is 24.0 Å². The molecule has 0 bridgehead atoms. The Kier molecular flexibility index (Phi) is 3.19. The third-order valence-corrected chi connectivity index (χ3v) is 1.80. The average Bonchev–Trinajstić information content (AvgIpc) is 2.11. The van der Waals surface area contributed by atoms with E-state index in [1.807, 2.05) is 0 Å². The Morgan fingerprint density at radius 1 is 1.50 bits per heavy atom. The van der Waals surface area contributed by atoms with Crippen molar-refractivity contribution in [1.82, 2.24) is 0 Å². The zero-order chi connectivity index (χ0) is 10.7. The van der Waals surface area contributed by atoms with Crippen LogP contribution in [-0.2, 0) is 4.79 Å². The first-order valence-electron chi connectivity index (χ1n) is 3.57. The lowest BCUT2D eigenvalue weighted by Crippen LogP contribution is -1.95. The van der Waals surface area contributed by atoms with Crippen LogP contribution in [0.25, 0.3) is 6.08 Å². The fourth-order valence-corrected chi connectivity index (χ4v) is 1.05. The second-order valence-corrected chi connectivity index (χ2v) is 2.84. The molecule has 0 aliphatic carbocycles.